The van der Waals surface area contributed by atoms with E-state index in [9.17, 15) is 4.79 Å². The molecule has 2 atom stereocenters. The summed E-state index contributed by atoms with van der Waals surface area (Å²) in [6, 6.07) is 3.00. The summed E-state index contributed by atoms with van der Waals surface area (Å²) in [7, 11) is 7.15. The van der Waals surface area contributed by atoms with Crippen LogP contribution in [0.15, 0.2) is 31.0 Å². The molecule has 1 aromatic carbocycles. The van der Waals surface area contributed by atoms with E-state index in [0.29, 0.717) is 69.8 Å². The monoisotopic (exact) mass is 603 g/mol. The molecule has 11 nitrogen and oxygen atoms in total. The largest absolute Gasteiger partial charge is 0.495 e. The summed E-state index contributed by atoms with van der Waals surface area (Å²) < 4.78 is 16.5. The number of rotatable bonds is 13. The molecule has 3 aromatic rings. The first-order valence-corrected chi connectivity index (χ1v) is 13.9. The fraction of sp³-hybridized carbons (Fsp3) is 0.429. The molecule has 3 heterocycles. The molecule has 1 amide bonds. The van der Waals surface area contributed by atoms with Crippen molar-refractivity contribution in [3.8, 4) is 22.8 Å². The van der Waals surface area contributed by atoms with Crippen molar-refractivity contribution in [3.63, 3.8) is 0 Å². The summed E-state index contributed by atoms with van der Waals surface area (Å²) in [6.45, 7) is 5.95. The van der Waals surface area contributed by atoms with E-state index in [-0.39, 0.29) is 18.0 Å². The molecule has 0 saturated carbocycles. The predicted molar refractivity (Wildman–Crippen MR) is 163 cm³/mol. The second-order valence-electron chi connectivity index (χ2n) is 9.82. The molecular weight excluding hydrogens is 569 g/mol. The Balaban J connectivity index is 1.72. The van der Waals surface area contributed by atoms with Crippen LogP contribution in [-0.2, 0) is 9.53 Å². The van der Waals surface area contributed by atoms with Gasteiger partial charge < -0.3 is 35.1 Å². The molecule has 13 heteroatoms. The first-order chi connectivity index (χ1) is 19.7. The third kappa shape index (κ3) is 7.28. The van der Waals surface area contributed by atoms with E-state index < -0.39 is 0 Å². The van der Waals surface area contributed by atoms with Gasteiger partial charge >= 0.3 is 0 Å². The fourth-order valence-corrected chi connectivity index (χ4v) is 5.17. The number of anilines is 2. The number of hydrogen-bond acceptors (Lipinski definition) is 10. The topological polar surface area (TPSA) is 123 Å². The molecule has 41 heavy (non-hydrogen) atoms. The van der Waals surface area contributed by atoms with Crippen LogP contribution >= 0.6 is 23.2 Å². The number of halogens is 2. The van der Waals surface area contributed by atoms with Gasteiger partial charge in [-0.15, -0.1) is 0 Å². The molecule has 0 spiro atoms. The average molecular weight is 605 g/mol. The average Bonchev–Trinajstić information content (AvgIpc) is 3.38. The van der Waals surface area contributed by atoms with Crippen LogP contribution < -0.4 is 25.4 Å². The van der Waals surface area contributed by atoms with Gasteiger partial charge in [0.25, 0.3) is 0 Å². The van der Waals surface area contributed by atoms with Gasteiger partial charge in [0.05, 0.1) is 55.3 Å². The first-order valence-electron chi connectivity index (χ1n) is 13.2. The second-order valence-corrected chi connectivity index (χ2v) is 10.6. The standard InChI is InChI=1S/C28H35Cl2N7O4/c1-6-22(38)33-18-14-41-15-19(18)35-28-32-13-16-11-17(23-24(29)20(39-4)12-21(40-5)25(23)30)34-27(26(16)36-28)31-9-7-8-10-37(2)3/h6,11-13,18-19H,1,7-10,14-15H2,2-5H3,(H,31,34)(H,33,38)(H,32,35,36)/t18-,19+/m0/s1. The van der Waals surface area contributed by atoms with E-state index in [1.807, 2.05) is 6.07 Å². The van der Waals surface area contributed by atoms with Crippen LogP contribution in [0.4, 0.5) is 11.8 Å². The lowest BCUT2D eigenvalue weighted by Gasteiger charge is -2.20. The van der Waals surface area contributed by atoms with Crippen LogP contribution in [0.2, 0.25) is 10.0 Å². The van der Waals surface area contributed by atoms with Crippen molar-refractivity contribution in [3.05, 3.63) is 41.0 Å². The van der Waals surface area contributed by atoms with E-state index in [1.165, 1.54) is 20.3 Å². The highest BCUT2D eigenvalue weighted by molar-refractivity contribution is 6.41. The number of unbranched alkanes of at least 4 members (excludes halogenated alkanes) is 1. The Morgan fingerprint density at radius 1 is 1.12 bits per heavy atom. The highest BCUT2D eigenvalue weighted by atomic mass is 35.5. The zero-order valence-electron chi connectivity index (χ0n) is 23.6. The van der Waals surface area contributed by atoms with Gasteiger partial charge in [0.1, 0.15) is 17.0 Å². The maximum Gasteiger partial charge on any atom is 0.243 e. The third-order valence-electron chi connectivity index (χ3n) is 6.63. The van der Waals surface area contributed by atoms with E-state index in [2.05, 4.69) is 46.5 Å². The molecule has 1 aliphatic rings. The lowest BCUT2D eigenvalue weighted by atomic mass is 10.1. The Hall–Kier alpha value is -3.38. The van der Waals surface area contributed by atoms with Crippen molar-refractivity contribution in [2.24, 2.45) is 0 Å². The van der Waals surface area contributed by atoms with Gasteiger partial charge in [-0.1, -0.05) is 29.8 Å². The van der Waals surface area contributed by atoms with E-state index in [4.69, 9.17) is 47.4 Å². The molecule has 0 bridgehead atoms. The first kappa shape index (κ1) is 30.6. The van der Waals surface area contributed by atoms with Crippen LogP contribution in [0.3, 0.4) is 0 Å². The van der Waals surface area contributed by atoms with E-state index in [1.54, 1.807) is 12.3 Å². The number of nitrogens with one attached hydrogen (secondary N) is 3. The Labute approximate surface area is 249 Å². The number of ether oxygens (including phenoxy) is 3. The number of pyridine rings is 1. The summed E-state index contributed by atoms with van der Waals surface area (Å²) in [4.78, 5) is 28.2. The third-order valence-corrected chi connectivity index (χ3v) is 7.38. The molecule has 1 fully saturated rings. The number of carbonyl (C=O) groups is 1. The second kappa shape index (κ2) is 14.0. The van der Waals surface area contributed by atoms with Crippen molar-refractivity contribution < 1.29 is 19.0 Å². The lowest BCUT2D eigenvalue weighted by molar-refractivity contribution is -0.117. The minimum Gasteiger partial charge on any atom is -0.495 e. The Kier molecular flexibility index (Phi) is 10.4. The van der Waals surface area contributed by atoms with Crippen LogP contribution in [-0.4, -0.2) is 92.5 Å². The van der Waals surface area contributed by atoms with E-state index >= 15 is 0 Å². The molecule has 0 radical (unpaired) electrons. The van der Waals surface area contributed by atoms with Gasteiger partial charge in [0.15, 0.2) is 5.82 Å². The molecule has 0 aliphatic carbocycles. The Bertz CT molecular complexity index is 1380. The van der Waals surface area contributed by atoms with Crippen molar-refractivity contribution >= 4 is 51.8 Å². The van der Waals surface area contributed by atoms with Gasteiger partial charge in [0, 0.05) is 29.8 Å². The van der Waals surface area contributed by atoms with Crippen LogP contribution in [0, 0.1) is 0 Å². The Morgan fingerprint density at radius 3 is 2.49 bits per heavy atom. The summed E-state index contributed by atoms with van der Waals surface area (Å²) in [5.74, 6) is 1.50. The summed E-state index contributed by atoms with van der Waals surface area (Å²) in [5.41, 5.74) is 1.61. The number of aromatic nitrogens is 3. The molecular formula is C28H35Cl2N7O4. The smallest absolute Gasteiger partial charge is 0.243 e. The fourth-order valence-electron chi connectivity index (χ4n) is 4.48. The van der Waals surface area contributed by atoms with Crippen molar-refractivity contribution in [2.45, 2.75) is 24.9 Å². The number of hydrogen-bond donors (Lipinski definition) is 3. The maximum atomic E-state index is 11.8. The number of carbonyl (C=O) groups excluding carboxylic acids is 1. The molecule has 1 saturated heterocycles. The number of fused-ring (bicyclic) bond motifs is 1. The summed E-state index contributed by atoms with van der Waals surface area (Å²) in [5, 5.41) is 11.0. The van der Waals surface area contributed by atoms with Crippen molar-refractivity contribution in [1.82, 2.24) is 25.2 Å². The normalized spacial score (nSPS) is 16.6. The highest BCUT2D eigenvalue weighted by Gasteiger charge is 2.30. The summed E-state index contributed by atoms with van der Waals surface area (Å²) in [6.07, 6.45) is 4.89. The molecule has 3 N–H and O–H groups in total. The summed E-state index contributed by atoms with van der Waals surface area (Å²) >= 11 is 13.4. The van der Waals surface area contributed by atoms with Gasteiger partial charge in [-0.25, -0.2) is 15.0 Å². The van der Waals surface area contributed by atoms with Crippen LogP contribution in [0.1, 0.15) is 12.8 Å². The predicted octanol–water partition coefficient (Wildman–Crippen LogP) is 4.25. The zero-order valence-corrected chi connectivity index (χ0v) is 25.1. The Morgan fingerprint density at radius 2 is 1.83 bits per heavy atom. The molecule has 1 aliphatic heterocycles. The molecule has 0 unspecified atom stereocenters. The number of nitrogens with zero attached hydrogens (tertiary/aromatic N) is 4. The van der Waals surface area contributed by atoms with Crippen molar-refractivity contribution in [2.75, 3.05) is 65.3 Å². The minimum absolute atomic E-state index is 0.215. The quantitative estimate of drug-likeness (QED) is 0.193. The maximum absolute atomic E-state index is 11.8. The molecule has 220 valence electrons. The molecule has 2 aromatic heterocycles. The number of amides is 1. The van der Waals surface area contributed by atoms with Crippen LogP contribution in [0.5, 0.6) is 11.5 Å². The van der Waals surface area contributed by atoms with Gasteiger partial charge in [-0.2, -0.15) is 0 Å². The highest BCUT2D eigenvalue weighted by Crippen LogP contribution is 2.46. The van der Waals surface area contributed by atoms with Gasteiger partial charge in [0.2, 0.25) is 11.9 Å². The molecule has 4 rings (SSSR count). The number of benzene rings is 1. The van der Waals surface area contributed by atoms with Crippen molar-refractivity contribution in [1.29, 1.82) is 0 Å². The van der Waals surface area contributed by atoms with Gasteiger partial charge in [-0.05, 0) is 45.6 Å². The zero-order chi connectivity index (χ0) is 29.5. The lowest BCUT2D eigenvalue weighted by Crippen LogP contribution is -2.45. The minimum atomic E-state index is -0.268. The van der Waals surface area contributed by atoms with Gasteiger partial charge in [-0.3, -0.25) is 4.79 Å². The van der Waals surface area contributed by atoms with Crippen LogP contribution in [0.25, 0.3) is 22.2 Å². The van der Waals surface area contributed by atoms with E-state index in [0.717, 1.165) is 24.8 Å². The number of methoxy groups -OCH3 is 2. The SMILES string of the molecule is C=CC(=O)N[C@H]1COC[C@H]1Nc1ncc2cc(-c3c(Cl)c(OC)cc(OC)c3Cl)nc(NCCCCN(C)C)c2n1.